The van der Waals surface area contributed by atoms with E-state index in [1.807, 2.05) is 0 Å². The maximum Gasteiger partial charge on any atom is 0.0726 e. The van der Waals surface area contributed by atoms with E-state index >= 15 is 0 Å². The minimum atomic E-state index is 1.02. The van der Waals surface area contributed by atoms with E-state index in [1.165, 1.54) is 46.3 Å². The fourth-order valence-electron chi connectivity index (χ4n) is 4.23. The van der Waals surface area contributed by atoms with Crippen LogP contribution in [0.2, 0.25) is 0 Å². The van der Waals surface area contributed by atoms with Crippen LogP contribution in [-0.4, -0.2) is 11.5 Å². The average molecular weight is 300 g/mol. The summed E-state index contributed by atoms with van der Waals surface area (Å²) in [5, 5.41) is 1.33. The van der Waals surface area contributed by atoms with Crippen molar-refractivity contribution >= 4 is 16.6 Å². The minimum absolute atomic E-state index is 1.02. The van der Waals surface area contributed by atoms with Crippen LogP contribution in [0.1, 0.15) is 28.8 Å². The first kappa shape index (κ1) is 13.1. The van der Waals surface area contributed by atoms with E-state index in [9.17, 15) is 0 Å². The number of hydrogen-bond acceptors (Lipinski definition) is 2. The highest BCUT2D eigenvalue weighted by Gasteiger charge is 2.25. The van der Waals surface area contributed by atoms with Gasteiger partial charge in [-0.05, 0) is 48.4 Å². The highest BCUT2D eigenvalue weighted by atomic mass is 15.1. The highest BCUT2D eigenvalue weighted by molar-refractivity contribution is 5.94. The molecule has 0 saturated heterocycles. The Balaban J connectivity index is 1.69. The molecule has 114 valence electrons. The Labute approximate surface area is 136 Å². The molecule has 3 aromatic rings. The Hall–Kier alpha value is -2.35. The molecule has 1 aromatic heterocycles. The standard InChI is InChI=1S/C21H20N2/c1-2-7-16-14-23(13-12-15(16)6-1)21-17-8-3-4-10-19(17)22-20-11-5-9-18(20)21/h1-4,6-8,10H,5,9,11-14H2. The predicted molar refractivity (Wildman–Crippen MR) is 95.0 cm³/mol. The molecule has 1 aliphatic carbocycles. The maximum atomic E-state index is 4.93. The second kappa shape index (κ2) is 5.09. The molecule has 0 N–H and O–H groups in total. The van der Waals surface area contributed by atoms with Crippen molar-refractivity contribution in [2.24, 2.45) is 0 Å². The zero-order valence-electron chi connectivity index (χ0n) is 13.3. The number of anilines is 1. The van der Waals surface area contributed by atoms with Crippen molar-refractivity contribution in [3.63, 3.8) is 0 Å². The molecular weight excluding hydrogens is 280 g/mol. The molecule has 2 nitrogen and oxygen atoms in total. The van der Waals surface area contributed by atoms with Crippen LogP contribution in [-0.2, 0) is 25.8 Å². The number of aryl methyl sites for hydroxylation is 1. The van der Waals surface area contributed by atoms with E-state index in [2.05, 4.69) is 53.4 Å². The van der Waals surface area contributed by atoms with Crippen LogP contribution in [0.25, 0.3) is 10.9 Å². The summed E-state index contributed by atoms with van der Waals surface area (Å²) in [5.41, 5.74) is 8.44. The van der Waals surface area contributed by atoms with Gasteiger partial charge in [-0.3, -0.25) is 4.98 Å². The number of benzene rings is 2. The van der Waals surface area contributed by atoms with Crippen molar-refractivity contribution in [2.45, 2.75) is 32.2 Å². The molecule has 0 bridgehead atoms. The van der Waals surface area contributed by atoms with Crippen LogP contribution in [0, 0.1) is 0 Å². The molecule has 0 saturated carbocycles. The van der Waals surface area contributed by atoms with Gasteiger partial charge in [-0.25, -0.2) is 0 Å². The number of rotatable bonds is 1. The second-order valence-corrected chi connectivity index (χ2v) is 6.70. The molecule has 2 aliphatic rings. The quantitative estimate of drug-likeness (QED) is 0.666. The number of para-hydroxylation sites is 1. The Morgan fingerprint density at radius 3 is 2.61 bits per heavy atom. The lowest BCUT2D eigenvalue weighted by Gasteiger charge is -2.33. The molecule has 1 aliphatic heterocycles. The number of aromatic nitrogens is 1. The van der Waals surface area contributed by atoms with Crippen LogP contribution in [0.15, 0.2) is 48.5 Å². The third-order valence-electron chi connectivity index (χ3n) is 5.34. The summed E-state index contributed by atoms with van der Waals surface area (Å²) in [4.78, 5) is 7.52. The van der Waals surface area contributed by atoms with E-state index in [1.54, 1.807) is 0 Å². The van der Waals surface area contributed by atoms with Gasteiger partial charge < -0.3 is 4.90 Å². The van der Waals surface area contributed by atoms with Crippen molar-refractivity contribution in [3.8, 4) is 0 Å². The van der Waals surface area contributed by atoms with E-state index in [0.29, 0.717) is 0 Å². The molecule has 0 unspecified atom stereocenters. The van der Waals surface area contributed by atoms with Crippen LogP contribution >= 0.6 is 0 Å². The first-order chi connectivity index (χ1) is 11.4. The summed E-state index contributed by atoms with van der Waals surface area (Å²) in [6.07, 6.45) is 4.70. The molecule has 0 radical (unpaired) electrons. The number of nitrogens with zero attached hydrogens (tertiary/aromatic N) is 2. The summed E-state index contributed by atoms with van der Waals surface area (Å²) in [7, 11) is 0. The SMILES string of the molecule is c1ccc2c(c1)CCN(c1c3c(nc4ccccc14)CCC3)C2. The van der Waals surface area contributed by atoms with E-state index in [4.69, 9.17) is 4.98 Å². The fraction of sp³-hybridized carbons (Fsp3) is 0.286. The first-order valence-electron chi connectivity index (χ1n) is 8.62. The Kier molecular flexibility index (Phi) is 2.90. The molecule has 2 heterocycles. The fourth-order valence-corrected chi connectivity index (χ4v) is 4.23. The average Bonchev–Trinajstić information content (AvgIpc) is 3.07. The Bertz CT molecular complexity index is 897. The molecular formula is C21H20N2. The first-order valence-corrected chi connectivity index (χ1v) is 8.62. The topological polar surface area (TPSA) is 16.1 Å². The highest BCUT2D eigenvalue weighted by Crippen LogP contribution is 2.38. The third kappa shape index (κ3) is 2.05. The van der Waals surface area contributed by atoms with E-state index < -0.39 is 0 Å². The van der Waals surface area contributed by atoms with Crippen molar-refractivity contribution in [3.05, 3.63) is 70.9 Å². The zero-order valence-corrected chi connectivity index (χ0v) is 13.3. The normalized spacial score (nSPS) is 16.4. The predicted octanol–water partition coefficient (Wildman–Crippen LogP) is 4.29. The number of hydrogen-bond donors (Lipinski definition) is 0. The van der Waals surface area contributed by atoms with Gasteiger partial charge in [-0.2, -0.15) is 0 Å². The van der Waals surface area contributed by atoms with E-state index in [0.717, 1.165) is 31.4 Å². The van der Waals surface area contributed by atoms with Crippen LogP contribution in [0.4, 0.5) is 5.69 Å². The Morgan fingerprint density at radius 1 is 0.826 bits per heavy atom. The van der Waals surface area contributed by atoms with E-state index in [-0.39, 0.29) is 0 Å². The zero-order chi connectivity index (χ0) is 15.2. The van der Waals surface area contributed by atoms with Crippen LogP contribution in [0.3, 0.4) is 0 Å². The van der Waals surface area contributed by atoms with Gasteiger partial charge in [0.2, 0.25) is 0 Å². The van der Waals surface area contributed by atoms with Crippen molar-refractivity contribution < 1.29 is 0 Å². The van der Waals surface area contributed by atoms with Crippen molar-refractivity contribution in [1.29, 1.82) is 0 Å². The monoisotopic (exact) mass is 300 g/mol. The lowest BCUT2D eigenvalue weighted by Crippen LogP contribution is -2.31. The van der Waals surface area contributed by atoms with Gasteiger partial charge in [-0.1, -0.05) is 42.5 Å². The van der Waals surface area contributed by atoms with Gasteiger partial charge >= 0.3 is 0 Å². The molecule has 2 heteroatoms. The van der Waals surface area contributed by atoms with Crippen molar-refractivity contribution in [1.82, 2.24) is 4.98 Å². The summed E-state index contributed by atoms with van der Waals surface area (Å²) in [6.45, 7) is 2.13. The Morgan fingerprint density at radius 2 is 1.65 bits per heavy atom. The molecule has 2 aromatic carbocycles. The summed E-state index contributed by atoms with van der Waals surface area (Å²) in [6, 6.07) is 17.5. The lowest BCUT2D eigenvalue weighted by atomic mass is 9.97. The molecule has 0 amide bonds. The number of fused-ring (bicyclic) bond motifs is 3. The molecule has 0 atom stereocenters. The van der Waals surface area contributed by atoms with Gasteiger partial charge in [-0.15, -0.1) is 0 Å². The largest absolute Gasteiger partial charge is 0.366 e. The second-order valence-electron chi connectivity index (χ2n) is 6.70. The molecule has 0 spiro atoms. The smallest absolute Gasteiger partial charge is 0.0726 e. The summed E-state index contributed by atoms with van der Waals surface area (Å²) < 4.78 is 0. The maximum absolute atomic E-state index is 4.93. The van der Waals surface area contributed by atoms with Gasteiger partial charge in [0, 0.05) is 24.2 Å². The van der Waals surface area contributed by atoms with Gasteiger partial charge in [0.15, 0.2) is 0 Å². The van der Waals surface area contributed by atoms with Crippen molar-refractivity contribution in [2.75, 3.05) is 11.4 Å². The van der Waals surface area contributed by atoms with Crippen LogP contribution in [0.5, 0.6) is 0 Å². The summed E-state index contributed by atoms with van der Waals surface area (Å²) in [5.74, 6) is 0. The summed E-state index contributed by atoms with van der Waals surface area (Å²) >= 11 is 0. The molecule has 5 rings (SSSR count). The lowest BCUT2D eigenvalue weighted by molar-refractivity contribution is 0.730. The van der Waals surface area contributed by atoms with Gasteiger partial charge in [0.25, 0.3) is 0 Å². The van der Waals surface area contributed by atoms with Gasteiger partial charge in [0.1, 0.15) is 0 Å². The van der Waals surface area contributed by atoms with Gasteiger partial charge in [0.05, 0.1) is 11.2 Å². The molecule has 0 fully saturated rings. The number of pyridine rings is 1. The van der Waals surface area contributed by atoms with Crippen LogP contribution < -0.4 is 4.90 Å². The minimum Gasteiger partial charge on any atom is -0.366 e. The third-order valence-corrected chi connectivity index (χ3v) is 5.34. The molecule has 23 heavy (non-hydrogen) atoms.